The summed E-state index contributed by atoms with van der Waals surface area (Å²) >= 11 is 1.55. The number of anilines is 1. The summed E-state index contributed by atoms with van der Waals surface area (Å²) in [7, 11) is 0. The van der Waals surface area contributed by atoms with Crippen molar-refractivity contribution in [1.29, 1.82) is 0 Å². The number of thioether (sulfide) groups is 1. The van der Waals surface area contributed by atoms with E-state index in [1.165, 1.54) is 4.90 Å². The number of fused-ring (bicyclic) bond motifs is 1. The van der Waals surface area contributed by atoms with Gasteiger partial charge in [0, 0.05) is 29.3 Å². The van der Waals surface area contributed by atoms with Crippen LogP contribution in [0.4, 0.5) is 5.69 Å². The number of unbranched alkanes of at least 4 members (excludes halogenated alkanes) is 1. The zero-order chi connectivity index (χ0) is 19.2. The Labute approximate surface area is 163 Å². The highest BCUT2D eigenvalue weighted by Crippen LogP contribution is 2.25. The summed E-state index contributed by atoms with van der Waals surface area (Å²) in [4.78, 5) is 38.9. The topological polar surface area (TPSA) is 66.5 Å². The van der Waals surface area contributed by atoms with Crippen LogP contribution in [0.3, 0.4) is 0 Å². The van der Waals surface area contributed by atoms with Gasteiger partial charge in [-0.2, -0.15) is 0 Å². The molecule has 0 unspecified atom stereocenters. The number of benzene rings is 2. The van der Waals surface area contributed by atoms with Crippen LogP contribution in [0.15, 0.2) is 53.4 Å². The van der Waals surface area contributed by atoms with Gasteiger partial charge in [0.2, 0.25) is 5.91 Å². The van der Waals surface area contributed by atoms with E-state index in [4.69, 9.17) is 0 Å². The van der Waals surface area contributed by atoms with E-state index in [0.29, 0.717) is 29.8 Å². The lowest BCUT2D eigenvalue weighted by Crippen LogP contribution is -2.31. The predicted molar refractivity (Wildman–Crippen MR) is 107 cm³/mol. The molecule has 1 aliphatic heterocycles. The van der Waals surface area contributed by atoms with Crippen LogP contribution < -0.4 is 5.32 Å². The van der Waals surface area contributed by atoms with Gasteiger partial charge in [0.1, 0.15) is 0 Å². The number of nitrogens with one attached hydrogen (secondary N) is 1. The van der Waals surface area contributed by atoms with Crippen LogP contribution in [-0.2, 0) is 4.79 Å². The summed E-state index contributed by atoms with van der Waals surface area (Å²) < 4.78 is 0. The molecule has 27 heavy (non-hydrogen) atoms. The average Bonchev–Trinajstić information content (AvgIpc) is 2.92. The Morgan fingerprint density at radius 2 is 1.74 bits per heavy atom. The molecule has 0 bridgehead atoms. The minimum Gasteiger partial charge on any atom is -0.326 e. The predicted octanol–water partition coefficient (Wildman–Crippen LogP) is 4.20. The van der Waals surface area contributed by atoms with Gasteiger partial charge in [-0.25, -0.2) is 0 Å². The van der Waals surface area contributed by atoms with Gasteiger partial charge in [0.05, 0.1) is 11.1 Å². The Kier molecular flexibility index (Phi) is 6.29. The van der Waals surface area contributed by atoms with Gasteiger partial charge in [-0.3, -0.25) is 19.3 Å². The molecule has 3 amide bonds. The van der Waals surface area contributed by atoms with Crippen molar-refractivity contribution in [2.24, 2.45) is 0 Å². The van der Waals surface area contributed by atoms with Crippen molar-refractivity contribution in [1.82, 2.24) is 4.90 Å². The third-order valence-electron chi connectivity index (χ3n) is 4.34. The highest BCUT2D eigenvalue weighted by atomic mass is 32.2. The molecule has 1 N–H and O–H groups in total. The molecule has 1 heterocycles. The standard InChI is InChI=1S/C21H22N2O3S/c1-2-3-11-19(24)22-15-7-6-8-16(14-15)27-13-12-23-20(25)17-9-4-5-10-18(17)21(23)26/h4-10,14H,2-3,11-13H2,1H3,(H,22,24). The molecule has 5 nitrogen and oxygen atoms in total. The second kappa shape index (κ2) is 8.86. The summed E-state index contributed by atoms with van der Waals surface area (Å²) in [6.45, 7) is 2.41. The zero-order valence-electron chi connectivity index (χ0n) is 15.2. The van der Waals surface area contributed by atoms with Crippen molar-refractivity contribution in [2.75, 3.05) is 17.6 Å². The molecule has 0 fully saturated rings. The fraction of sp³-hybridized carbons (Fsp3) is 0.286. The molecule has 2 aromatic carbocycles. The Bertz CT molecular complexity index is 831. The number of carbonyl (C=O) groups excluding carboxylic acids is 3. The van der Waals surface area contributed by atoms with E-state index in [1.807, 2.05) is 24.3 Å². The van der Waals surface area contributed by atoms with E-state index in [9.17, 15) is 14.4 Å². The van der Waals surface area contributed by atoms with Crippen LogP contribution in [0, 0.1) is 0 Å². The second-order valence-corrected chi connectivity index (χ2v) is 7.50. The van der Waals surface area contributed by atoms with Crippen molar-refractivity contribution < 1.29 is 14.4 Å². The molecule has 0 aliphatic carbocycles. The Morgan fingerprint density at radius 1 is 1.04 bits per heavy atom. The van der Waals surface area contributed by atoms with Crippen LogP contribution in [0.25, 0.3) is 0 Å². The summed E-state index contributed by atoms with van der Waals surface area (Å²) in [6, 6.07) is 14.5. The number of hydrogen-bond acceptors (Lipinski definition) is 4. The maximum atomic E-state index is 12.4. The van der Waals surface area contributed by atoms with Crippen molar-refractivity contribution >= 4 is 35.2 Å². The SMILES string of the molecule is CCCCC(=O)Nc1cccc(SCCN2C(=O)c3ccccc3C2=O)c1. The average molecular weight is 382 g/mol. The molecule has 0 saturated heterocycles. The smallest absolute Gasteiger partial charge is 0.261 e. The Hall–Kier alpha value is -2.60. The van der Waals surface area contributed by atoms with Crippen LogP contribution in [0.2, 0.25) is 0 Å². The second-order valence-electron chi connectivity index (χ2n) is 6.34. The number of imide groups is 1. The maximum absolute atomic E-state index is 12.4. The molecule has 0 spiro atoms. The van der Waals surface area contributed by atoms with Crippen molar-refractivity contribution in [3.63, 3.8) is 0 Å². The van der Waals surface area contributed by atoms with Gasteiger partial charge in [-0.1, -0.05) is 31.5 Å². The number of rotatable bonds is 8. The van der Waals surface area contributed by atoms with Gasteiger partial charge in [0.15, 0.2) is 0 Å². The molecule has 6 heteroatoms. The first-order valence-electron chi connectivity index (χ1n) is 9.08. The zero-order valence-corrected chi connectivity index (χ0v) is 16.1. The fourth-order valence-corrected chi connectivity index (χ4v) is 3.82. The van der Waals surface area contributed by atoms with Crippen LogP contribution in [0.1, 0.15) is 46.9 Å². The normalized spacial score (nSPS) is 13.0. The molecular weight excluding hydrogens is 360 g/mol. The lowest BCUT2D eigenvalue weighted by atomic mass is 10.1. The minimum absolute atomic E-state index is 0.0185. The monoisotopic (exact) mass is 382 g/mol. The maximum Gasteiger partial charge on any atom is 0.261 e. The van der Waals surface area contributed by atoms with Crippen LogP contribution in [-0.4, -0.2) is 34.9 Å². The lowest BCUT2D eigenvalue weighted by molar-refractivity contribution is -0.116. The number of nitrogens with zero attached hydrogens (tertiary/aromatic N) is 1. The van der Waals surface area contributed by atoms with Crippen LogP contribution >= 0.6 is 11.8 Å². The van der Waals surface area contributed by atoms with E-state index in [1.54, 1.807) is 36.0 Å². The van der Waals surface area contributed by atoms with Gasteiger partial charge in [-0.05, 0) is 36.8 Å². The third-order valence-corrected chi connectivity index (χ3v) is 5.31. The Morgan fingerprint density at radius 3 is 2.41 bits per heavy atom. The first-order valence-corrected chi connectivity index (χ1v) is 10.1. The van der Waals surface area contributed by atoms with Gasteiger partial charge < -0.3 is 5.32 Å². The van der Waals surface area contributed by atoms with E-state index in [0.717, 1.165) is 23.4 Å². The largest absolute Gasteiger partial charge is 0.326 e. The van der Waals surface area contributed by atoms with E-state index < -0.39 is 0 Å². The van der Waals surface area contributed by atoms with Gasteiger partial charge in [-0.15, -0.1) is 11.8 Å². The Balaban J connectivity index is 1.54. The quantitative estimate of drug-likeness (QED) is 0.549. The van der Waals surface area contributed by atoms with Gasteiger partial charge >= 0.3 is 0 Å². The summed E-state index contributed by atoms with van der Waals surface area (Å²) in [5, 5.41) is 2.90. The summed E-state index contributed by atoms with van der Waals surface area (Å²) in [5.74, 6) is 0.157. The number of hydrogen-bond donors (Lipinski definition) is 1. The molecule has 2 aromatic rings. The van der Waals surface area contributed by atoms with Crippen molar-refractivity contribution in [3.05, 3.63) is 59.7 Å². The highest BCUT2D eigenvalue weighted by molar-refractivity contribution is 7.99. The fourth-order valence-electron chi connectivity index (χ4n) is 2.92. The summed E-state index contributed by atoms with van der Waals surface area (Å²) in [6.07, 6.45) is 2.38. The summed E-state index contributed by atoms with van der Waals surface area (Å²) in [5.41, 5.74) is 1.72. The van der Waals surface area contributed by atoms with Crippen molar-refractivity contribution in [3.8, 4) is 0 Å². The first kappa shape index (κ1) is 19.2. The number of amides is 3. The number of carbonyl (C=O) groups is 3. The molecule has 0 radical (unpaired) electrons. The molecule has 3 rings (SSSR count). The van der Waals surface area contributed by atoms with E-state index in [-0.39, 0.29) is 17.7 Å². The molecule has 140 valence electrons. The van der Waals surface area contributed by atoms with Gasteiger partial charge in [0.25, 0.3) is 11.8 Å². The molecule has 0 saturated carbocycles. The molecule has 0 atom stereocenters. The first-order chi connectivity index (χ1) is 13.1. The molecule has 1 aliphatic rings. The van der Waals surface area contributed by atoms with Crippen LogP contribution in [0.5, 0.6) is 0 Å². The van der Waals surface area contributed by atoms with E-state index >= 15 is 0 Å². The van der Waals surface area contributed by atoms with Crippen molar-refractivity contribution in [2.45, 2.75) is 31.1 Å². The molecule has 0 aromatic heterocycles. The molecular formula is C21H22N2O3S. The minimum atomic E-state index is -0.229. The lowest BCUT2D eigenvalue weighted by Gasteiger charge is -2.13. The van der Waals surface area contributed by atoms with E-state index in [2.05, 4.69) is 12.2 Å². The highest BCUT2D eigenvalue weighted by Gasteiger charge is 2.34. The third kappa shape index (κ3) is 4.57.